The molecule has 0 aliphatic carbocycles. The third kappa shape index (κ3) is 3.55. The van der Waals surface area contributed by atoms with Crippen molar-refractivity contribution in [2.24, 2.45) is 4.99 Å². The van der Waals surface area contributed by atoms with Crippen LogP contribution >= 0.6 is 14.1 Å². The van der Waals surface area contributed by atoms with E-state index in [4.69, 9.17) is 0 Å². The van der Waals surface area contributed by atoms with Crippen molar-refractivity contribution in [1.29, 1.82) is 0 Å². The second-order valence-corrected chi connectivity index (χ2v) is 6.91. The Morgan fingerprint density at radius 3 is 2.44 bits per heavy atom. The summed E-state index contributed by atoms with van der Waals surface area (Å²) in [6.45, 7) is 2.12. The summed E-state index contributed by atoms with van der Waals surface area (Å²) in [5.41, 5.74) is 2.45. The molecule has 0 aliphatic rings. The summed E-state index contributed by atoms with van der Waals surface area (Å²) in [5.74, 6) is 0. The molecule has 0 aromatic heterocycles. The van der Waals surface area contributed by atoms with E-state index in [0.29, 0.717) is 13.1 Å². The number of halogens is 1. The van der Waals surface area contributed by atoms with E-state index in [0.717, 1.165) is 0 Å². The van der Waals surface area contributed by atoms with Gasteiger partial charge in [0.15, 0.2) is 0 Å². The van der Waals surface area contributed by atoms with Crippen molar-refractivity contribution in [3.8, 4) is 0 Å². The van der Waals surface area contributed by atoms with E-state index < -0.39 is 0 Å². The number of hydrogen-bond donors (Lipinski definition) is 0. The number of aliphatic imine (C=N–C) groups is 1. The van der Waals surface area contributed by atoms with Crippen molar-refractivity contribution in [3.63, 3.8) is 0 Å². The van der Waals surface area contributed by atoms with Gasteiger partial charge in [0, 0.05) is 0 Å². The van der Waals surface area contributed by atoms with Gasteiger partial charge in [-0.15, -0.1) is 0 Å². The second kappa shape index (κ2) is 6.89. The minimum absolute atomic E-state index is 0.196. The molecule has 1 atom stereocenters. The average Bonchev–Trinajstić information content (AvgIpc) is 2.46. The van der Waals surface area contributed by atoms with Gasteiger partial charge in [-0.25, -0.2) is 0 Å². The fourth-order valence-corrected chi connectivity index (χ4v) is 3.91. The predicted octanol–water partition coefficient (Wildman–Crippen LogP) is 3.51. The zero-order valence-electron chi connectivity index (χ0n) is 10.1. The van der Waals surface area contributed by atoms with Crippen LogP contribution in [0, 0.1) is 0 Å². The molecule has 0 spiro atoms. The third-order valence-corrected chi connectivity index (χ3v) is 5.66. The zero-order chi connectivity index (χ0) is 12.8. The normalized spacial score (nSPS) is 12.8. The van der Waals surface area contributed by atoms with Crippen molar-refractivity contribution in [3.05, 3.63) is 65.7 Å². The van der Waals surface area contributed by atoms with Gasteiger partial charge in [-0.2, -0.15) is 0 Å². The molecule has 0 unspecified atom stereocenters. The first-order valence-electron chi connectivity index (χ1n) is 5.77. The quantitative estimate of drug-likeness (QED) is 0.580. The SMILES string of the molecule is C[C@@H](N=Cc1ccccc1[Se]Br)c1ccccc1. The van der Waals surface area contributed by atoms with Gasteiger partial charge in [0.1, 0.15) is 0 Å². The average molecular weight is 367 g/mol. The molecular weight excluding hydrogens is 353 g/mol. The van der Waals surface area contributed by atoms with Crippen LogP contribution in [0.3, 0.4) is 0 Å². The fourth-order valence-electron chi connectivity index (χ4n) is 1.67. The summed E-state index contributed by atoms with van der Waals surface area (Å²) < 4.78 is 1.33. The van der Waals surface area contributed by atoms with Crippen LogP contribution in [0.1, 0.15) is 24.1 Å². The van der Waals surface area contributed by atoms with Gasteiger partial charge in [-0.05, 0) is 0 Å². The summed E-state index contributed by atoms with van der Waals surface area (Å²) in [4.78, 5) is 4.64. The van der Waals surface area contributed by atoms with Gasteiger partial charge in [0.05, 0.1) is 0 Å². The third-order valence-electron chi connectivity index (χ3n) is 2.72. The van der Waals surface area contributed by atoms with E-state index in [2.05, 4.69) is 74.6 Å². The number of nitrogens with zero attached hydrogens (tertiary/aromatic N) is 1. The number of rotatable bonds is 4. The molecule has 3 heteroatoms. The molecular formula is C15H14BrNSe. The van der Waals surface area contributed by atoms with Crippen LogP contribution in [-0.4, -0.2) is 19.4 Å². The maximum atomic E-state index is 4.64. The Balaban J connectivity index is 2.16. The Labute approximate surface area is 121 Å². The van der Waals surface area contributed by atoms with E-state index in [1.165, 1.54) is 15.6 Å². The van der Waals surface area contributed by atoms with E-state index >= 15 is 0 Å². The van der Waals surface area contributed by atoms with Gasteiger partial charge in [0.25, 0.3) is 0 Å². The summed E-state index contributed by atoms with van der Waals surface area (Å²) in [5, 5.41) is 0. The summed E-state index contributed by atoms with van der Waals surface area (Å²) in [6, 6.07) is 18.9. The zero-order valence-corrected chi connectivity index (χ0v) is 13.4. The molecule has 0 N–H and O–H groups in total. The van der Waals surface area contributed by atoms with E-state index in [-0.39, 0.29) is 6.04 Å². The number of hydrogen-bond acceptors (Lipinski definition) is 1. The first kappa shape index (κ1) is 13.5. The Morgan fingerprint density at radius 1 is 1.06 bits per heavy atom. The van der Waals surface area contributed by atoms with Gasteiger partial charge in [-0.1, -0.05) is 0 Å². The van der Waals surface area contributed by atoms with E-state index in [1.54, 1.807) is 0 Å². The Kier molecular flexibility index (Phi) is 5.18. The van der Waals surface area contributed by atoms with Gasteiger partial charge >= 0.3 is 122 Å². The molecule has 0 aliphatic heterocycles. The topological polar surface area (TPSA) is 12.4 Å². The molecule has 0 bridgehead atoms. The maximum absolute atomic E-state index is 4.64. The molecule has 0 fully saturated rings. The van der Waals surface area contributed by atoms with Crippen molar-refractivity contribution in [2.75, 3.05) is 0 Å². The van der Waals surface area contributed by atoms with Crippen LogP contribution < -0.4 is 4.46 Å². The van der Waals surface area contributed by atoms with Crippen LogP contribution in [0.2, 0.25) is 0 Å². The molecule has 0 saturated carbocycles. The van der Waals surface area contributed by atoms with Crippen molar-refractivity contribution < 1.29 is 0 Å². The monoisotopic (exact) mass is 367 g/mol. The predicted molar refractivity (Wildman–Crippen MR) is 83.2 cm³/mol. The first-order chi connectivity index (χ1) is 8.81. The molecule has 18 heavy (non-hydrogen) atoms. The molecule has 2 aromatic carbocycles. The van der Waals surface area contributed by atoms with Crippen LogP contribution in [0.4, 0.5) is 0 Å². The first-order valence-corrected chi connectivity index (χ1v) is 10.6. The van der Waals surface area contributed by atoms with Crippen LogP contribution in [0.25, 0.3) is 0 Å². The van der Waals surface area contributed by atoms with Crippen molar-refractivity contribution >= 4 is 37.9 Å². The summed E-state index contributed by atoms with van der Waals surface area (Å²) in [6.07, 6.45) is 1.98. The molecule has 2 rings (SSSR count). The molecule has 0 radical (unpaired) electrons. The van der Waals surface area contributed by atoms with Crippen molar-refractivity contribution in [2.45, 2.75) is 13.0 Å². The molecule has 0 heterocycles. The van der Waals surface area contributed by atoms with E-state index in [9.17, 15) is 0 Å². The van der Waals surface area contributed by atoms with Gasteiger partial charge in [0.2, 0.25) is 0 Å². The summed E-state index contributed by atoms with van der Waals surface area (Å²) >= 11 is 3.89. The molecule has 0 saturated heterocycles. The molecule has 1 nitrogen and oxygen atoms in total. The van der Waals surface area contributed by atoms with Gasteiger partial charge < -0.3 is 0 Å². The minimum atomic E-state index is 0.196. The van der Waals surface area contributed by atoms with E-state index in [1.807, 2.05) is 12.3 Å². The second-order valence-electron chi connectivity index (χ2n) is 3.98. The standard InChI is InChI=1S/C15H14BrNSe/c1-12(13-7-3-2-4-8-13)17-11-14-9-5-6-10-15(14)18-16/h2-12H,1H3/t12-/m1/s1. The van der Waals surface area contributed by atoms with Crippen LogP contribution in [0.5, 0.6) is 0 Å². The molecule has 92 valence electrons. The number of benzene rings is 2. The summed E-state index contributed by atoms with van der Waals surface area (Å²) in [7, 11) is 0. The Bertz CT molecular complexity index is 525. The van der Waals surface area contributed by atoms with Gasteiger partial charge in [-0.3, -0.25) is 0 Å². The fraction of sp³-hybridized carbons (Fsp3) is 0.133. The molecule has 2 aromatic rings. The Morgan fingerprint density at radius 2 is 1.72 bits per heavy atom. The van der Waals surface area contributed by atoms with Crippen LogP contribution in [0.15, 0.2) is 59.6 Å². The molecule has 0 amide bonds. The van der Waals surface area contributed by atoms with Crippen LogP contribution in [-0.2, 0) is 0 Å². The van der Waals surface area contributed by atoms with Crippen molar-refractivity contribution in [1.82, 2.24) is 0 Å². The Hall–Kier alpha value is -0.891.